The molecule has 3 N–H and O–H groups in total. The first kappa shape index (κ1) is 13.6. The zero-order valence-corrected chi connectivity index (χ0v) is 11.1. The van der Waals surface area contributed by atoms with Crippen LogP contribution in [0.5, 0.6) is 11.5 Å². The van der Waals surface area contributed by atoms with Crippen molar-refractivity contribution in [3.05, 3.63) is 36.3 Å². The first-order valence-corrected chi connectivity index (χ1v) is 5.75. The van der Waals surface area contributed by atoms with E-state index in [1.807, 2.05) is 0 Å². The van der Waals surface area contributed by atoms with Crippen molar-refractivity contribution in [1.29, 1.82) is 0 Å². The van der Waals surface area contributed by atoms with E-state index >= 15 is 0 Å². The molecule has 2 aromatic rings. The fourth-order valence-electron chi connectivity index (χ4n) is 1.59. The van der Waals surface area contributed by atoms with Gasteiger partial charge >= 0.3 is 0 Å². The summed E-state index contributed by atoms with van der Waals surface area (Å²) in [5, 5.41) is 2.68. The van der Waals surface area contributed by atoms with Gasteiger partial charge in [0.1, 0.15) is 23.0 Å². The minimum atomic E-state index is -0.434. The molecule has 7 heteroatoms. The van der Waals surface area contributed by atoms with Gasteiger partial charge in [-0.3, -0.25) is 9.78 Å². The van der Waals surface area contributed by atoms with Gasteiger partial charge in [-0.25, -0.2) is 4.98 Å². The molecule has 0 spiro atoms. The van der Waals surface area contributed by atoms with Crippen LogP contribution in [0, 0.1) is 0 Å². The third kappa shape index (κ3) is 2.94. The summed E-state index contributed by atoms with van der Waals surface area (Å²) in [6, 6.07) is 5.07. The number of amides is 1. The van der Waals surface area contributed by atoms with Crippen LogP contribution in [0.1, 0.15) is 10.5 Å². The Morgan fingerprint density at radius 1 is 1.25 bits per heavy atom. The topological polar surface area (TPSA) is 99.4 Å². The number of ether oxygens (including phenoxy) is 2. The lowest BCUT2D eigenvalue weighted by Gasteiger charge is -2.11. The van der Waals surface area contributed by atoms with Gasteiger partial charge in [-0.2, -0.15) is 0 Å². The number of nitrogens with one attached hydrogen (secondary N) is 1. The number of anilines is 2. The monoisotopic (exact) mass is 274 g/mol. The lowest BCUT2D eigenvalue weighted by molar-refractivity contribution is 0.102. The number of nitrogens with zero attached hydrogens (tertiary/aromatic N) is 2. The highest BCUT2D eigenvalue weighted by molar-refractivity contribution is 6.03. The number of carbonyl (C=O) groups is 1. The van der Waals surface area contributed by atoms with E-state index < -0.39 is 5.91 Å². The van der Waals surface area contributed by atoms with Gasteiger partial charge in [0.25, 0.3) is 5.91 Å². The van der Waals surface area contributed by atoms with Gasteiger partial charge in [-0.1, -0.05) is 0 Å². The second-order valence-electron chi connectivity index (χ2n) is 3.85. The zero-order chi connectivity index (χ0) is 14.5. The van der Waals surface area contributed by atoms with E-state index in [0.29, 0.717) is 17.2 Å². The number of rotatable bonds is 4. The van der Waals surface area contributed by atoms with Gasteiger partial charge in [0.2, 0.25) is 0 Å². The minimum Gasteiger partial charge on any atom is -0.497 e. The summed E-state index contributed by atoms with van der Waals surface area (Å²) >= 11 is 0. The molecule has 104 valence electrons. The minimum absolute atomic E-state index is 0.120. The van der Waals surface area contributed by atoms with Gasteiger partial charge in [0.15, 0.2) is 0 Å². The summed E-state index contributed by atoms with van der Waals surface area (Å²) in [6.45, 7) is 0. The van der Waals surface area contributed by atoms with E-state index in [9.17, 15) is 4.79 Å². The summed E-state index contributed by atoms with van der Waals surface area (Å²) in [5.41, 5.74) is 6.09. The zero-order valence-electron chi connectivity index (χ0n) is 11.1. The molecule has 1 amide bonds. The average molecular weight is 274 g/mol. The molecule has 0 aliphatic heterocycles. The van der Waals surface area contributed by atoms with Gasteiger partial charge in [-0.05, 0) is 12.1 Å². The number of hydrogen-bond acceptors (Lipinski definition) is 6. The van der Waals surface area contributed by atoms with E-state index in [4.69, 9.17) is 15.2 Å². The Morgan fingerprint density at radius 3 is 2.70 bits per heavy atom. The maximum absolute atomic E-state index is 12.1. The van der Waals surface area contributed by atoms with Crippen LogP contribution in [0.4, 0.5) is 11.5 Å². The number of carbonyl (C=O) groups excluding carboxylic acids is 1. The van der Waals surface area contributed by atoms with E-state index in [0.717, 1.165) is 0 Å². The lowest BCUT2D eigenvalue weighted by atomic mass is 10.2. The van der Waals surface area contributed by atoms with Crippen LogP contribution < -0.4 is 20.5 Å². The van der Waals surface area contributed by atoms with E-state index in [2.05, 4.69) is 15.3 Å². The molecule has 0 fully saturated rings. The first-order valence-electron chi connectivity index (χ1n) is 5.75. The smallest absolute Gasteiger partial charge is 0.276 e. The molecular weight excluding hydrogens is 260 g/mol. The molecular formula is C13H14N4O3. The molecule has 1 heterocycles. The number of benzene rings is 1. The molecule has 7 nitrogen and oxygen atoms in total. The predicted molar refractivity (Wildman–Crippen MR) is 73.9 cm³/mol. The summed E-state index contributed by atoms with van der Waals surface area (Å²) in [5.74, 6) is 0.849. The highest BCUT2D eigenvalue weighted by Crippen LogP contribution is 2.29. The van der Waals surface area contributed by atoms with Crippen LogP contribution in [0.25, 0.3) is 0 Å². The second kappa shape index (κ2) is 5.87. The Morgan fingerprint density at radius 2 is 2.05 bits per heavy atom. The maximum Gasteiger partial charge on any atom is 0.276 e. The van der Waals surface area contributed by atoms with Crippen molar-refractivity contribution in [2.75, 3.05) is 25.3 Å². The standard InChI is InChI=1S/C13H14N4O3/c1-19-8-3-4-11(20-2)9(5-8)17-13(18)10-6-15-7-12(14)16-10/h3-7H,1-2H3,(H2,14,16)(H,17,18). The molecule has 1 aromatic carbocycles. The molecule has 0 bridgehead atoms. The SMILES string of the molecule is COc1ccc(OC)c(NC(=O)c2cncc(N)n2)c1. The quantitative estimate of drug-likeness (QED) is 0.872. The Bertz CT molecular complexity index is 631. The molecule has 0 radical (unpaired) electrons. The van der Waals surface area contributed by atoms with Crippen LogP contribution in [-0.2, 0) is 0 Å². The summed E-state index contributed by atoms with van der Waals surface area (Å²) in [4.78, 5) is 19.8. The van der Waals surface area contributed by atoms with Crippen molar-refractivity contribution in [1.82, 2.24) is 9.97 Å². The number of aromatic nitrogens is 2. The fraction of sp³-hybridized carbons (Fsp3) is 0.154. The molecule has 0 saturated heterocycles. The van der Waals surface area contributed by atoms with Crippen LogP contribution in [0.2, 0.25) is 0 Å². The van der Waals surface area contributed by atoms with E-state index in [1.54, 1.807) is 18.2 Å². The average Bonchev–Trinajstić information content (AvgIpc) is 2.47. The fourth-order valence-corrected chi connectivity index (χ4v) is 1.59. The molecule has 0 aliphatic carbocycles. The van der Waals surface area contributed by atoms with E-state index in [-0.39, 0.29) is 11.5 Å². The summed E-state index contributed by atoms with van der Waals surface area (Å²) < 4.78 is 10.3. The van der Waals surface area contributed by atoms with Crippen LogP contribution in [-0.4, -0.2) is 30.1 Å². The number of methoxy groups -OCH3 is 2. The normalized spacial score (nSPS) is 9.90. The molecule has 1 aromatic heterocycles. The Kier molecular flexibility index (Phi) is 3.99. The van der Waals surface area contributed by atoms with Crippen LogP contribution in [0.15, 0.2) is 30.6 Å². The van der Waals surface area contributed by atoms with Gasteiger partial charge < -0.3 is 20.5 Å². The molecule has 20 heavy (non-hydrogen) atoms. The number of nitrogen functional groups attached to an aromatic ring is 1. The summed E-state index contributed by atoms with van der Waals surface area (Å²) in [7, 11) is 3.05. The third-order valence-electron chi connectivity index (χ3n) is 2.54. The van der Waals surface area contributed by atoms with Crippen molar-refractivity contribution in [2.45, 2.75) is 0 Å². The molecule has 0 aliphatic rings. The van der Waals surface area contributed by atoms with Crippen molar-refractivity contribution in [3.63, 3.8) is 0 Å². The first-order chi connectivity index (χ1) is 9.63. The molecule has 2 rings (SSSR count). The highest BCUT2D eigenvalue weighted by Gasteiger charge is 2.12. The largest absolute Gasteiger partial charge is 0.497 e. The van der Waals surface area contributed by atoms with Gasteiger partial charge in [0, 0.05) is 6.07 Å². The number of hydrogen-bond donors (Lipinski definition) is 2. The predicted octanol–water partition coefficient (Wildman–Crippen LogP) is 1.33. The Hall–Kier alpha value is -2.83. The van der Waals surface area contributed by atoms with Gasteiger partial charge in [-0.15, -0.1) is 0 Å². The highest BCUT2D eigenvalue weighted by atomic mass is 16.5. The van der Waals surface area contributed by atoms with Crippen molar-refractivity contribution < 1.29 is 14.3 Å². The van der Waals surface area contributed by atoms with Crippen molar-refractivity contribution in [3.8, 4) is 11.5 Å². The second-order valence-corrected chi connectivity index (χ2v) is 3.85. The van der Waals surface area contributed by atoms with E-state index in [1.165, 1.54) is 26.6 Å². The molecule has 0 saturated carbocycles. The van der Waals surface area contributed by atoms with Crippen molar-refractivity contribution in [2.24, 2.45) is 0 Å². The lowest BCUT2D eigenvalue weighted by Crippen LogP contribution is -2.15. The Balaban J connectivity index is 2.27. The van der Waals surface area contributed by atoms with Gasteiger partial charge in [0.05, 0.1) is 32.3 Å². The summed E-state index contributed by atoms with van der Waals surface area (Å²) in [6.07, 6.45) is 2.70. The number of nitrogens with two attached hydrogens (primary N) is 1. The van der Waals surface area contributed by atoms with Crippen molar-refractivity contribution >= 4 is 17.4 Å². The molecule has 0 unspecified atom stereocenters. The Labute approximate surface area is 115 Å². The van der Waals surface area contributed by atoms with Crippen LogP contribution in [0.3, 0.4) is 0 Å². The van der Waals surface area contributed by atoms with Crippen LogP contribution >= 0.6 is 0 Å². The molecule has 0 atom stereocenters. The third-order valence-corrected chi connectivity index (χ3v) is 2.54. The maximum atomic E-state index is 12.1.